The van der Waals surface area contributed by atoms with Crippen LogP contribution in [0.4, 0.5) is 0 Å². The van der Waals surface area contributed by atoms with Gasteiger partial charge in [-0.05, 0) is 38.7 Å². The van der Waals surface area contributed by atoms with Crippen LogP contribution in [0, 0.1) is 0 Å². The van der Waals surface area contributed by atoms with Gasteiger partial charge >= 0.3 is 7.12 Å². The molecule has 0 N–H and O–H groups in total. The molecule has 3 rings (SSSR count). The molecule has 0 amide bonds. The number of piperidine rings is 1. The van der Waals surface area contributed by atoms with Gasteiger partial charge in [-0.15, -0.1) is 0 Å². The average molecular weight is 315 g/mol. The van der Waals surface area contributed by atoms with Crippen LogP contribution in [0.15, 0.2) is 24.3 Å². The van der Waals surface area contributed by atoms with E-state index in [9.17, 15) is 4.79 Å². The van der Waals surface area contributed by atoms with Crippen LogP contribution in [-0.4, -0.2) is 42.1 Å². The Morgan fingerprint density at radius 3 is 2.04 bits per heavy atom. The summed E-state index contributed by atoms with van der Waals surface area (Å²) in [6, 6.07) is 8.45. The Balaban J connectivity index is 1.63. The normalized spacial score (nSPS) is 24.2. The van der Waals surface area contributed by atoms with Gasteiger partial charge in [0.15, 0.2) is 0 Å². The van der Waals surface area contributed by atoms with Crippen LogP contribution in [0.2, 0.25) is 0 Å². The van der Waals surface area contributed by atoms with E-state index in [1.54, 1.807) is 0 Å². The summed E-state index contributed by atoms with van der Waals surface area (Å²) < 4.78 is 12.2. The molecular formula is C18H26BNO3. The number of ketones is 1. The van der Waals surface area contributed by atoms with Crippen LogP contribution in [-0.2, 0) is 20.6 Å². The lowest BCUT2D eigenvalue weighted by Crippen LogP contribution is -2.41. The van der Waals surface area contributed by atoms with Gasteiger partial charge in [-0.3, -0.25) is 9.69 Å². The van der Waals surface area contributed by atoms with Gasteiger partial charge in [0.1, 0.15) is 5.78 Å². The van der Waals surface area contributed by atoms with Gasteiger partial charge in [-0.2, -0.15) is 0 Å². The van der Waals surface area contributed by atoms with Gasteiger partial charge in [-0.1, -0.05) is 24.3 Å². The minimum Gasteiger partial charge on any atom is -0.399 e. The Morgan fingerprint density at radius 2 is 1.52 bits per heavy atom. The molecule has 0 aromatic heterocycles. The van der Waals surface area contributed by atoms with Crippen molar-refractivity contribution >= 4 is 18.4 Å². The Kier molecular flexibility index (Phi) is 4.38. The van der Waals surface area contributed by atoms with Crippen molar-refractivity contribution in [3.05, 3.63) is 29.8 Å². The van der Waals surface area contributed by atoms with E-state index in [1.165, 1.54) is 5.56 Å². The number of nitrogens with zero attached hydrogens (tertiary/aromatic N) is 1. The predicted octanol–water partition coefficient (Wildman–Crippen LogP) is 2.15. The highest BCUT2D eigenvalue weighted by molar-refractivity contribution is 6.62. The van der Waals surface area contributed by atoms with E-state index in [0.717, 1.165) is 25.1 Å². The van der Waals surface area contributed by atoms with Crippen LogP contribution in [0.25, 0.3) is 0 Å². The van der Waals surface area contributed by atoms with Crippen molar-refractivity contribution in [3.8, 4) is 0 Å². The molecule has 0 atom stereocenters. The number of carbonyl (C=O) groups is 1. The van der Waals surface area contributed by atoms with Crippen molar-refractivity contribution in [2.45, 2.75) is 58.3 Å². The van der Waals surface area contributed by atoms with E-state index in [0.29, 0.717) is 18.6 Å². The van der Waals surface area contributed by atoms with E-state index in [-0.39, 0.29) is 18.3 Å². The maximum Gasteiger partial charge on any atom is 0.494 e. The number of hydrogen-bond acceptors (Lipinski definition) is 4. The molecule has 5 heteroatoms. The lowest BCUT2D eigenvalue weighted by Gasteiger charge is -2.32. The summed E-state index contributed by atoms with van der Waals surface area (Å²) in [5.41, 5.74) is 1.70. The smallest absolute Gasteiger partial charge is 0.399 e. The summed E-state index contributed by atoms with van der Waals surface area (Å²) in [4.78, 5) is 13.6. The molecule has 0 radical (unpaired) electrons. The molecule has 1 aromatic rings. The molecule has 2 heterocycles. The second-order valence-electron chi connectivity index (χ2n) is 7.64. The van der Waals surface area contributed by atoms with Crippen LogP contribution >= 0.6 is 0 Å². The van der Waals surface area contributed by atoms with E-state index in [4.69, 9.17) is 9.31 Å². The summed E-state index contributed by atoms with van der Waals surface area (Å²) in [6.45, 7) is 10.9. The average Bonchev–Trinajstić information content (AvgIpc) is 2.71. The first-order valence-electron chi connectivity index (χ1n) is 8.45. The first kappa shape index (κ1) is 16.7. The summed E-state index contributed by atoms with van der Waals surface area (Å²) in [6.07, 6.45) is 1.37. The highest BCUT2D eigenvalue weighted by Gasteiger charge is 2.51. The summed E-state index contributed by atoms with van der Waals surface area (Å²) in [5.74, 6) is 0.386. The Hall–Kier alpha value is -1.17. The van der Waals surface area contributed by atoms with Crippen molar-refractivity contribution in [1.29, 1.82) is 0 Å². The zero-order valence-electron chi connectivity index (χ0n) is 14.6. The van der Waals surface area contributed by atoms with Crippen molar-refractivity contribution in [2.24, 2.45) is 0 Å². The van der Waals surface area contributed by atoms with Crippen molar-refractivity contribution in [3.63, 3.8) is 0 Å². The molecule has 0 bridgehead atoms. The number of rotatable bonds is 3. The van der Waals surface area contributed by atoms with E-state index in [2.05, 4.69) is 56.9 Å². The second kappa shape index (κ2) is 6.04. The van der Waals surface area contributed by atoms with Gasteiger partial charge in [0.2, 0.25) is 0 Å². The van der Waals surface area contributed by atoms with Crippen LogP contribution in [0.1, 0.15) is 46.1 Å². The molecule has 0 saturated carbocycles. The van der Waals surface area contributed by atoms with Gasteiger partial charge < -0.3 is 9.31 Å². The molecule has 124 valence electrons. The molecule has 0 aliphatic carbocycles. The fourth-order valence-electron chi connectivity index (χ4n) is 2.98. The molecular weight excluding hydrogens is 289 g/mol. The van der Waals surface area contributed by atoms with Crippen molar-refractivity contribution < 1.29 is 14.1 Å². The fourth-order valence-corrected chi connectivity index (χ4v) is 2.98. The Bertz CT molecular complexity index is 556. The van der Waals surface area contributed by atoms with Gasteiger partial charge in [0.05, 0.1) is 11.2 Å². The predicted molar refractivity (Wildman–Crippen MR) is 91.7 cm³/mol. The largest absolute Gasteiger partial charge is 0.494 e. The fraction of sp³-hybridized carbons (Fsp3) is 0.611. The highest BCUT2D eigenvalue weighted by atomic mass is 16.7. The molecule has 2 fully saturated rings. The number of carbonyl (C=O) groups excluding carboxylic acids is 1. The molecule has 0 unspecified atom stereocenters. The molecule has 4 nitrogen and oxygen atoms in total. The van der Waals surface area contributed by atoms with Crippen LogP contribution in [0.5, 0.6) is 0 Å². The van der Waals surface area contributed by atoms with Crippen molar-refractivity contribution in [2.75, 3.05) is 13.1 Å². The number of likely N-dealkylation sites (tertiary alicyclic amines) is 1. The third kappa shape index (κ3) is 3.52. The lowest BCUT2D eigenvalue weighted by molar-refractivity contribution is -0.121. The van der Waals surface area contributed by atoms with E-state index >= 15 is 0 Å². The summed E-state index contributed by atoms with van der Waals surface area (Å²) in [7, 11) is -0.304. The standard InChI is InChI=1S/C18H26BNO3/c1-17(2)18(3,4)23-19(22-17)15-7-5-14(6-8-15)13-20-11-9-16(21)10-12-20/h5-8H,9-13H2,1-4H3. The Morgan fingerprint density at radius 1 is 1.00 bits per heavy atom. The first-order valence-corrected chi connectivity index (χ1v) is 8.45. The van der Waals surface area contributed by atoms with Crippen LogP contribution < -0.4 is 5.46 Å². The van der Waals surface area contributed by atoms with Gasteiger partial charge in [0, 0.05) is 32.5 Å². The number of benzene rings is 1. The maximum atomic E-state index is 11.3. The van der Waals surface area contributed by atoms with Crippen molar-refractivity contribution in [1.82, 2.24) is 4.90 Å². The lowest BCUT2D eigenvalue weighted by atomic mass is 9.79. The maximum absolute atomic E-state index is 11.3. The topological polar surface area (TPSA) is 38.8 Å². The van der Waals surface area contributed by atoms with Crippen LogP contribution in [0.3, 0.4) is 0 Å². The molecule has 2 aliphatic rings. The minimum atomic E-state index is -0.309. The number of hydrogen-bond donors (Lipinski definition) is 0. The molecule has 2 aliphatic heterocycles. The third-order valence-corrected chi connectivity index (χ3v) is 5.33. The van der Waals surface area contributed by atoms with E-state index in [1.807, 2.05) is 0 Å². The molecule has 23 heavy (non-hydrogen) atoms. The zero-order valence-corrected chi connectivity index (χ0v) is 14.6. The zero-order chi connectivity index (χ0) is 16.7. The highest BCUT2D eigenvalue weighted by Crippen LogP contribution is 2.36. The van der Waals surface area contributed by atoms with Gasteiger partial charge in [-0.25, -0.2) is 0 Å². The quantitative estimate of drug-likeness (QED) is 0.801. The molecule has 0 spiro atoms. The molecule has 1 aromatic carbocycles. The Labute approximate surface area is 139 Å². The van der Waals surface area contributed by atoms with Gasteiger partial charge in [0.25, 0.3) is 0 Å². The second-order valence-corrected chi connectivity index (χ2v) is 7.64. The summed E-state index contributed by atoms with van der Waals surface area (Å²) >= 11 is 0. The minimum absolute atomic E-state index is 0.304. The first-order chi connectivity index (χ1) is 10.8. The SMILES string of the molecule is CC1(C)OB(c2ccc(CN3CCC(=O)CC3)cc2)OC1(C)C. The monoisotopic (exact) mass is 315 g/mol. The van der Waals surface area contributed by atoms with E-state index < -0.39 is 0 Å². The third-order valence-electron chi connectivity index (χ3n) is 5.33. The molecule has 2 saturated heterocycles. The number of Topliss-reactive ketones (excluding diaryl/α,β-unsaturated/α-hetero) is 1. The summed E-state index contributed by atoms with van der Waals surface area (Å²) in [5, 5.41) is 0.